The van der Waals surface area contributed by atoms with Crippen LogP contribution < -0.4 is 5.32 Å². The van der Waals surface area contributed by atoms with Crippen LogP contribution in [0.2, 0.25) is 0 Å². The van der Waals surface area contributed by atoms with Gasteiger partial charge in [-0.2, -0.15) is 0 Å². The average Bonchev–Trinajstić information content (AvgIpc) is 2.36. The first-order valence-electron chi connectivity index (χ1n) is 5.68. The highest BCUT2D eigenvalue weighted by Gasteiger charge is 2.22. The average molecular weight is 439 g/mol. The standard InChI is InChI=1S/C12H15Br2FN2.2ClH/c13-10-2-1-9(7-11(10)14)12(8-15)17-5-3-16-4-6-17;;/h1-2,7,12,16H,3-6,8H2;2*1H/t12-;;/m0../s1. The van der Waals surface area contributed by atoms with Gasteiger partial charge in [0.25, 0.3) is 0 Å². The van der Waals surface area contributed by atoms with E-state index in [0.717, 1.165) is 40.7 Å². The smallest absolute Gasteiger partial charge is 0.109 e. The van der Waals surface area contributed by atoms with Gasteiger partial charge < -0.3 is 5.32 Å². The van der Waals surface area contributed by atoms with E-state index in [1.165, 1.54) is 0 Å². The molecule has 1 aliphatic rings. The molecule has 0 unspecified atom stereocenters. The zero-order valence-electron chi connectivity index (χ0n) is 10.2. The summed E-state index contributed by atoms with van der Waals surface area (Å²) in [6.07, 6.45) is 0. The Morgan fingerprint density at radius 3 is 2.32 bits per heavy atom. The Labute approximate surface area is 142 Å². The van der Waals surface area contributed by atoms with Crippen LogP contribution in [0.15, 0.2) is 27.1 Å². The lowest BCUT2D eigenvalue weighted by Crippen LogP contribution is -2.45. The summed E-state index contributed by atoms with van der Waals surface area (Å²) >= 11 is 6.90. The first-order valence-corrected chi connectivity index (χ1v) is 7.26. The molecule has 2 nitrogen and oxygen atoms in total. The molecule has 0 saturated carbocycles. The zero-order valence-corrected chi connectivity index (χ0v) is 15.0. The fourth-order valence-corrected chi connectivity index (χ4v) is 2.75. The minimum Gasteiger partial charge on any atom is -0.314 e. The molecule has 1 aliphatic heterocycles. The van der Waals surface area contributed by atoms with Gasteiger partial charge in [-0.05, 0) is 49.6 Å². The second-order valence-electron chi connectivity index (χ2n) is 4.13. The number of rotatable bonds is 3. The van der Waals surface area contributed by atoms with Gasteiger partial charge in [0.05, 0.1) is 6.04 Å². The third-order valence-corrected chi connectivity index (χ3v) is 4.95. The van der Waals surface area contributed by atoms with Crippen LogP contribution in [-0.2, 0) is 0 Å². The molecule has 1 N–H and O–H groups in total. The van der Waals surface area contributed by atoms with Crippen LogP contribution >= 0.6 is 56.7 Å². The van der Waals surface area contributed by atoms with Gasteiger partial charge in [0, 0.05) is 35.1 Å². The fraction of sp³-hybridized carbons (Fsp3) is 0.500. The summed E-state index contributed by atoms with van der Waals surface area (Å²) in [5, 5.41) is 3.28. The number of nitrogens with one attached hydrogen (secondary N) is 1. The Morgan fingerprint density at radius 2 is 1.79 bits per heavy atom. The Hall–Kier alpha value is 0.610. The number of alkyl halides is 1. The van der Waals surface area contributed by atoms with Gasteiger partial charge in [0.2, 0.25) is 0 Å². The van der Waals surface area contributed by atoms with Crippen molar-refractivity contribution in [1.82, 2.24) is 10.2 Å². The van der Waals surface area contributed by atoms with Crippen LogP contribution in [0, 0.1) is 0 Å². The number of hydrogen-bond acceptors (Lipinski definition) is 2. The largest absolute Gasteiger partial charge is 0.314 e. The Morgan fingerprint density at radius 1 is 1.16 bits per heavy atom. The van der Waals surface area contributed by atoms with Crippen LogP contribution in [-0.4, -0.2) is 37.8 Å². The summed E-state index contributed by atoms with van der Waals surface area (Å²) < 4.78 is 15.2. The predicted octanol–water partition coefficient (Wildman–Crippen LogP) is 3.97. The van der Waals surface area contributed by atoms with Gasteiger partial charge in [-0.15, -0.1) is 24.8 Å². The maximum atomic E-state index is 13.3. The molecule has 1 saturated heterocycles. The molecule has 0 aliphatic carbocycles. The molecule has 0 amide bonds. The summed E-state index contributed by atoms with van der Waals surface area (Å²) in [5.74, 6) is 0. The predicted molar refractivity (Wildman–Crippen MR) is 89.5 cm³/mol. The number of piperazine rings is 1. The van der Waals surface area contributed by atoms with Crippen LogP contribution in [0.1, 0.15) is 11.6 Å². The monoisotopic (exact) mass is 436 g/mol. The lowest BCUT2D eigenvalue weighted by Gasteiger charge is -2.33. The number of benzene rings is 1. The summed E-state index contributed by atoms with van der Waals surface area (Å²) in [6, 6.07) is 5.82. The number of halogens is 5. The zero-order chi connectivity index (χ0) is 12.3. The molecule has 1 heterocycles. The highest BCUT2D eigenvalue weighted by atomic mass is 79.9. The third kappa shape index (κ3) is 5.14. The maximum absolute atomic E-state index is 13.3. The highest BCUT2D eigenvalue weighted by molar-refractivity contribution is 9.13. The van der Waals surface area contributed by atoms with Crippen LogP contribution in [0.25, 0.3) is 0 Å². The fourth-order valence-electron chi connectivity index (χ4n) is 2.11. The normalized spacial score (nSPS) is 17.2. The van der Waals surface area contributed by atoms with Gasteiger partial charge >= 0.3 is 0 Å². The SMILES string of the molecule is Cl.Cl.FC[C@@H](c1ccc(Br)c(Br)c1)N1CCNCC1. The van der Waals surface area contributed by atoms with Crippen molar-refractivity contribution in [3.63, 3.8) is 0 Å². The highest BCUT2D eigenvalue weighted by Crippen LogP contribution is 2.29. The molecular weight excluding hydrogens is 422 g/mol. The van der Waals surface area contributed by atoms with Gasteiger partial charge in [0.15, 0.2) is 0 Å². The summed E-state index contributed by atoms with van der Waals surface area (Å²) in [7, 11) is 0. The van der Waals surface area contributed by atoms with Crippen LogP contribution in [0.3, 0.4) is 0 Å². The molecule has 0 aromatic heterocycles. The molecule has 1 aromatic carbocycles. The van der Waals surface area contributed by atoms with Crippen LogP contribution in [0.4, 0.5) is 4.39 Å². The van der Waals surface area contributed by atoms with Crippen molar-refractivity contribution in [3.05, 3.63) is 32.7 Å². The molecule has 0 radical (unpaired) electrons. The molecular formula is C12H17Br2Cl2FN2. The van der Waals surface area contributed by atoms with E-state index in [2.05, 4.69) is 42.1 Å². The van der Waals surface area contributed by atoms with E-state index >= 15 is 0 Å². The lowest BCUT2D eigenvalue weighted by atomic mass is 10.1. The van der Waals surface area contributed by atoms with Crippen molar-refractivity contribution in [2.75, 3.05) is 32.9 Å². The van der Waals surface area contributed by atoms with Gasteiger partial charge in [-0.25, -0.2) is 4.39 Å². The van der Waals surface area contributed by atoms with Crippen molar-refractivity contribution in [2.45, 2.75) is 6.04 Å². The second-order valence-corrected chi connectivity index (χ2v) is 5.84. The minimum atomic E-state index is -0.339. The first-order chi connectivity index (χ1) is 8.22. The molecule has 19 heavy (non-hydrogen) atoms. The quantitative estimate of drug-likeness (QED) is 0.768. The van der Waals surface area contributed by atoms with E-state index in [1.54, 1.807) is 0 Å². The third-order valence-electron chi connectivity index (χ3n) is 3.07. The van der Waals surface area contributed by atoms with Crippen molar-refractivity contribution in [1.29, 1.82) is 0 Å². The molecule has 7 heteroatoms. The minimum absolute atomic E-state index is 0. The Kier molecular flexibility index (Phi) is 9.83. The Balaban J connectivity index is 0.00000162. The molecule has 1 fully saturated rings. The second kappa shape index (κ2) is 9.53. The van der Waals surface area contributed by atoms with E-state index in [-0.39, 0.29) is 37.5 Å². The molecule has 1 aromatic rings. The summed E-state index contributed by atoms with van der Waals surface area (Å²) in [4.78, 5) is 2.20. The number of hydrogen-bond donors (Lipinski definition) is 1. The molecule has 2 rings (SSSR count). The number of nitrogens with zero attached hydrogens (tertiary/aromatic N) is 1. The molecule has 0 spiro atoms. The topological polar surface area (TPSA) is 15.3 Å². The lowest BCUT2D eigenvalue weighted by molar-refractivity contribution is 0.147. The van der Waals surface area contributed by atoms with Gasteiger partial charge in [-0.3, -0.25) is 4.90 Å². The van der Waals surface area contributed by atoms with Crippen molar-refractivity contribution in [3.8, 4) is 0 Å². The molecule has 1 atom stereocenters. The van der Waals surface area contributed by atoms with Crippen molar-refractivity contribution >= 4 is 56.7 Å². The Bertz CT molecular complexity index is 390. The van der Waals surface area contributed by atoms with Crippen LogP contribution in [0.5, 0.6) is 0 Å². The summed E-state index contributed by atoms with van der Waals surface area (Å²) in [5.41, 5.74) is 1.03. The van der Waals surface area contributed by atoms with Crippen molar-refractivity contribution in [2.24, 2.45) is 0 Å². The maximum Gasteiger partial charge on any atom is 0.109 e. The molecule has 110 valence electrons. The van der Waals surface area contributed by atoms with Crippen molar-refractivity contribution < 1.29 is 4.39 Å². The van der Waals surface area contributed by atoms with Gasteiger partial charge in [0.1, 0.15) is 6.67 Å². The van der Waals surface area contributed by atoms with E-state index in [1.807, 2.05) is 18.2 Å². The van der Waals surface area contributed by atoms with E-state index in [4.69, 9.17) is 0 Å². The molecule has 0 bridgehead atoms. The summed E-state index contributed by atoms with van der Waals surface area (Å²) in [6.45, 7) is 3.35. The van der Waals surface area contributed by atoms with E-state index < -0.39 is 0 Å². The van der Waals surface area contributed by atoms with E-state index in [9.17, 15) is 4.39 Å². The first kappa shape index (κ1) is 19.6. The van der Waals surface area contributed by atoms with Gasteiger partial charge in [-0.1, -0.05) is 6.07 Å². The van der Waals surface area contributed by atoms with E-state index in [0.29, 0.717) is 0 Å².